The van der Waals surface area contributed by atoms with Crippen molar-refractivity contribution in [2.75, 3.05) is 5.32 Å². The maximum atomic E-state index is 13.3. The molecule has 0 saturated heterocycles. The van der Waals surface area contributed by atoms with Gasteiger partial charge in [-0.1, -0.05) is 17.7 Å². The Morgan fingerprint density at radius 3 is 2.88 bits per heavy atom. The maximum absolute atomic E-state index is 13.3. The first kappa shape index (κ1) is 17.0. The highest BCUT2D eigenvalue weighted by Gasteiger charge is 2.09. The smallest absolute Gasteiger partial charge is 0.226 e. The molecule has 3 rings (SSSR count). The van der Waals surface area contributed by atoms with Crippen LogP contribution in [-0.2, 0) is 11.3 Å². The number of hydrogen-bond donors (Lipinski definition) is 1. The molecule has 6 nitrogen and oxygen atoms in total. The monoisotopic (exact) mass is 359 g/mol. The molecule has 1 amide bonds. The van der Waals surface area contributed by atoms with Crippen LogP contribution in [0.4, 0.5) is 10.1 Å². The van der Waals surface area contributed by atoms with E-state index in [0.717, 1.165) is 0 Å². The van der Waals surface area contributed by atoms with Crippen molar-refractivity contribution in [3.05, 3.63) is 58.9 Å². The largest absolute Gasteiger partial charge is 0.326 e. The average molecular weight is 360 g/mol. The molecule has 0 atom stereocenters. The van der Waals surface area contributed by atoms with Crippen molar-refractivity contribution < 1.29 is 9.18 Å². The lowest BCUT2D eigenvalue weighted by molar-refractivity contribution is -0.116. The third-order valence-electron chi connectivity index (χ3n) is 3.52. The van der Waals surface area contributed by atoms with Gasteiger partial charge in [0.15, 0.2) is 0 Å². The normalized spacial score (nSPS) is 10.7. The van der Waals surface area contributed by atoms with Crippen LogP contribution in [0.3, 0.4) is 0 Å². The molecule has 1 aromatic heterocycles. The van der Waals surface area contributed by atoms with Gasteiger partial charge in [0, 0.05) is 22.7 Å². The molecule has 0 bridgehead atoms. The first-order chi connectivity index (χ1) is 12.0. The average Bonchev–Trinajstić information content (AvgIpc) is 3.04. The molecule has 0 saturated carbocycles. The number of aromatic nitrogens is 4. The maximum Gasteiger partial charge on any atom is 0.226 e. The van der Waals surface area contributed by atoms with Crippen molar-refractivity contribution in [1.82, 2.24) is 20.2 Å². The number of aryl methyl sites for hydroxylation is 2. The van der Waals surface area contributed by atoms with Gasteiger partial charge < -0.3 is 5.32 Å². The molecule has 3 aromatic rings. The molecule has 1 N–H and O–H groups in total. The molecular formula is C17H15ClFN5O. The number of amides is 1. The second-order valence-corrected chi connectivity index (χ2v) is 5.92. The number of carbonyl (C=O) groups is 1. The highest BCUT2D eigenvalue weighted by atomic mass is 35.5. The second kappa shape index (κ2) is 7.40. The van der Waals surface area contributed by atoms with Gasteiger partial charge in [0.25, 0.3) is 0 Å². The summed E-state index contributed by atoms with van der Waals surface area (Å²) in [6.45, 7) is 1.95. The summed E-state index contributed by atoms with van der Waals surface area (Å²) >= 11 is 5.88. The van der Waals surface area contributed by atoms with Crippen LogP contribution in [0.25, 0.3) is 11.4 Å². The molecule has 0 radical (unpaired) electrons. The van der Waals surface area contributed by atoms with E-state index in [1.807, 2.05) is 0 Å². The van der Waals surface area contributed by atoms with Gasteiger partial charge in [-0.05, 0) is 54.1 Å². The van der Waals surface area contributed by atoms with Crippen molar-refractivity contribution in [3.8, 4) is 11.4 Å². The third kappa shape index (κ3) is 4.39. The number of tetrazole rings is 1. The molecule has 1 heterocycles. The lowest BCUT2D eigenvalue weighted by atomic mass is 10.1. The van der Waals surface area contributed by atoms with Crippen molar-refractivity contribution in [2.45, 2.75) is 19.9 Å². The van der Waals surface area contributed by atoms with Crippen LogP contribution >= 0.6 is 11.6 Å². The molecule has 25 heavy (non-hydrogen) atoms. The van der Waals surface area contributed by atoms with Crippen LogP contribution in [-0.4, -0.2) is 26.1 Å². The van der Waals surface area contributed by atoms with Gasteiger partial charge in [0.1, 0.15) is 5.82 Å². The fraction of sp³-hybridized carbons (Fsp3) is 0.176. The van der Waals surface area contributed by atoms with Crippen molar-refractivity contribution in [1.29, 1.82) is 0 Å². The number of rotatable bonds is 5. The van der Waals surface area contributed by atoms with Gasteiger partial charge in [0.2, 0.25) is 11.7 Å². The SMILES string of the molecule is Cc1cc(-c2nnn(CCC(=O)Nc3cccc(Cl)c3)n2)ccc1F. The van der Waals surface area contributed by atoms with E-state index in [9.17, 15) is 9.18 Å². The van der Waals surface area contributed by atoms with Gasteiger partial charge in [-0.25, -0.2) is 4.39 Å². The zero-order chi connectivity index (χ0) is 17.8. The predicted molar refractivity (Wildman–Crippen MR) is 92.6 cm³/mol. The van der Waals surface area contributed by atoms with Crippen LogP contribution in [0, 0.1) is 12.7 Å². The van der Waals surface area contributed by atoms with E-state index in [-0.39, 0.29) is 24.7 Å². The highest BCUT2D eigenvalue weighted by molar-refractivity contribution is 6.30. The molecule has 0 spiro atoms. The molecule has 128 valence electrons. The highest BCUT2D eigenvalue weighted by Crippen LogP contribution is 2.18. The van der Waals surface area contributed by atoms with E-state index in [1.165, 1.54) is 10.9 Å². The van der Waals surface area contributed by atoms with Gasteiger partial charge in [0.05, 0.1) is 6.54 Å². The summed E-state index contributed by atoms with van der Waals surface area (Å²) in [5, 5.41) is 15.4. The number of nitrogens with one attached hydrogen (secondary N) is 1. The molecule has 0 aliphatic rings. The Balaban J connectivity index is 1.59. The van der Waals surface area contributed by atoms with E-state index >= 15 is 0 Å². The summed E-state index contributed by atoms with van der Waals surface area (Å²) in [4.78, 5) is 13.3. The molecular weight excluding hydrogens is 345 g/mol. The van der Waals surface area contributed by atoms with E-state index < -0.39 is 0 Å². The lowest BCUT2D eigenvalue weighted by Crippen LogP contribution is -2.15. The summed E-state index contributed by atoms with van der Waals surface area (Å²) in [6, 6.07) is 11.5. The van der Waals surface area contributed by atoms with E-state index in [1.54, 1.807) is 43.3 Å². The topological polar surface area (TPSA) is 72.7 Å². The Morgan fingerprint density at radius 1 is 1.28 bits per heavy atom. The number of halogens is 2. The van der Waals surface area contributed by atoms with Crippen LogP contribution < -0.4 is 5.32 Å². The second-order valence-electron chi connectivity index (χ2n) is 5.48. The fourth-order valence-electron chi connectivity index (χ4n) is 2.23. The summed E-state index contributed by atoms with van der Waals surface area (Å²) in [5.41, 5.74) is 1.81. The van der Waals surface area contributed by atoms with E-state index in [2.05, 4.69) is 20.7 Å². The summed E-state index contributed by atoms with van der Waals surface area (Å²) < 4.78 is 13.3. The standard InChI is InChI=1S/C17H15ClFN5O/c1-11-9-12(5-6-15(11)19)17-21-23-24(22-17)8-7-16(25)20-14-4-2-3-13(18)10-14/h2-6,9-10H,7-8H2,1H3,(H,20,25). The van der Waals surface area contributed by atoms with Crippen LogP contribution in [0.5, 0.6) is 0 Å². The van der Waals surface area contributed by atoms with Crippen molar-refractivity contribution in [2.24, 2.45) is 0 Å². The third-order valence-corrected chi connectivity index (χ3v) is 3.75. The van der Waals surface area contributed by atoms with Crippen LogP contribution in [0.1, 0.15) is 12.0 Å². The summed E-state index contributed by atoms with van der Waals surface area (Å²) in [7, 11) is 0. The fourth-order valence-corrected chi connectivity index (χ4v) is 2.42. The predicted octanol–water partition coefficient (Wildman–Crippen LogP) is 3.47. The minimum atomic E-state index is -0.283. The zero-order valence-electron chi connectivity index (χ0n) is 13.4. The number of anilines is 1. The van der Waals surface area contributed by atoms with Gasteiger partial charge in [-0.3, -0.25) is 4.79 Å². The summed E-state index contributed by atoms with van der Waals surface area (Å²) in [6.07, 6.45) is 0.185. The van der Waals surface area contributed by atoms with Crippen LogP contribution in [0.15, 0.2) is 42.5 Å². The molecule has 8 heteroatoms. The number of hydrogen-bond acceptors (Lipinski definition) is 4. The molecule has 2 aromatic carbocycles. The van der Waals surface area contributed by atoms with Gasteiger partial charge in [-0.2, -0.15) is 4.80 Å². The van der Waals surface area contributed by atoms with E-state index in [4.69, 9.17) is 11.6 Å². The zero-order valence-corrected chi connectivity index (χ0v) is 14.2. The minimum absolute atomic E-state index is 0.182. The minimum Gasteiger partial charge on any atom is -0.326 e. The number of carbonyl (C=O) groups excluding carboxylic acids is 1. The molecule has 0 unspecified atom stereocenters. The molecule has 0 aliphatic heterocycles. The number of nitrogens with zero attached hydrogens (tertiary/aromatic N) is 4. The van der Waals surface area contributed by atoms with Gasteiger partial charge >= 0.3 is 0 Å². The quantitative estimate of drug-likeness (QED) is 0.757. The lowest BCUT2D eigenvalue weighted by Gasteiger charge is -2.04. The van der Waals surface area contributed by atoms with Crippen LogP contribution in [0.2, 0.25) is 5.02 Å². The Morgan fingerprint density at radius 2 is 2.12 bits per heavy atom. The van der Waals surface area contributed by atoms with Crippen molar-refractivity contribution >= 4 is 23.2 Å². The Bertz CT molecular complexity index is 912. The van der Waals surface area contributed by atoms with Gasteiger partial charge in [-0.15, -0.1) is 10.2 Å². The first-order valence-electron chi connectivity index (χ1n) is 7.61. The van der Waals surface area contributed by atoms with Crippen molar-refractivity contribution in [3.63, 3.8) is 0 Å². The molecule has 0 fully saturated rings. The Kier molecular flexibility index (Phi) is 5.04. The number of benzene rings is 2. The molecule has 0 aliphatic carbocycles. The van der Waals surface area contributed by atoms with E-state index in [0.29, 0.717) is 27.7 Å². The Labute approximate surface area is 148 Å². The first-order valence-corrected chi connectivity index (χ1v) is 7.99. The Hall–Kier alpha value is -2.80. The summed E-state index contributed by atoms with van der Waals surface area (Å²) in [5.74, 6) is -0.0779.